The Morgan fingerprint density at radius 3 is 2.76 bits per heavy atom. The largest absolute Gasteiger partial charge is 0.345 e. The minimum Gasteiger partial charge on any atom is -0.345 e. The number of carbonyl (C=O) groups is 1. The summed E-state index contributed by atoms with van der Waals surface area (Å²) in [5.41, 5.74) is 4.10. The smallest absolute Gasteiger partial charge is 0.154 e. The van der Waals surface area contributed by atoms with E-state index in [9.17, 15) is 4.79 Å². The number of piperidine rings is 1. The van der Waals surface area contributed by atoms with Crippen LogP contribution in [0.5, 0.6) is 0 Å². The van der Waals surface area contributed by atoms with Crippen LogP contribution in [0.2, 0.25) is 5.02 Å². The van der Waals surface area contributed by atoms with Crippen molar-refractivity contribution in [1.82, 2.24) is 24.7 Å². The van der Waals surface area contributed by atoms with Gasteiger partial charge in [-0.05, 0) is 42.6 Å². The number of hydrogen-bond donors (Lipinski definition) is 2. The number of nitrogens with zero attached hydrogens (tertiary/aromatic N) is 3. The zero-order chi connectivity index (χ0) is 20.2. The van der Waals surface area contributed by atoms with E-state index >= 15 is 0 Å². The predicted molar refractivity (Wildman–Crippen MR) is 115 cm³/mol. The summed E-state index contributed by atoms with van der Waals surface area (Å²) in [5, 5.41) is 4.19. The van der Waals surface area contributed by atoms with Crippen molar-refractivity contribution in [2.75, 3.05) is 13.1 Å². The molecule has 2 atom stereocenters. The van der Waals surface area contributed by atoms with Gasteiger partial charge in [0.05, 0.1) is 23.4 Å². The predicted octanol–water partition coefficient (Wildman–Crippen LogP) is 4.01. The van der Waals surface area contributed by atoms with Gasteiger partial charge in [0, 0.05) is 30.1 Å². The van der Waals surface area contributed by atoms with Gasteiger partial charge in [-0.15, -0.1) is 0 Å². The van der Waals surface area contributed by atoms with Gasteiger partial charge in [-0.25, -0.2) is 9.97 Å². The van der Waals surface area contributed by atoms with Crippen LogP contribution in [0, 0.1) is 5.92 Å². The van der Waals surface area contributed by atoms with Crippen molar-refractivity contribution < 1.29 is 4.79 Å². The average molecular weight is 410 g/mol. The number of carbonyl (C=O) groups excluding carboxylic acids is 1. The van der Waals surface area contributed by atoms with Crippen molar-refractivity contribution in [2.24, 2.45) is 5.92 Å². The van der Waals surface area contributed by atoms with Crippen LogP contribution in [0.1, 0.15) is 30.7 Å². The molecule has 1 aliphatic heterocycles. The fourth-order valence-electron chi connectivity index (χ4n) is 3.81. The normalized spacial score (nSPS) is 19.1. The van der Waals surface area contributed by atoms with Gasteiger partial charge in [0.2, 0.25) is 0 Å². The molecule has 1 saturated heterocycles. The Morgan fingerprint density at radius 1 is 1.21 bits per heavy atom. The van der Waals surface area contributed by atoms with Gasteiger partial charge < -0.3 is 15.1 Å². The molecule has 4 heterocycles. The monoisotopic (exact) mass is 409 g/mol. The fourth-order valence-corrected chi connectivity index (χ4v) is 3.94. The molecule has 150 valence electrons. The van der Waals surface area contributed by atoms with Gasteiger partial charge in [-0.1, -0.05) is 30.7 Å². The van der Waals surface area contributed by atoms with E-state index in [0.717, 1.165) is 47.4 Å². The number of aromatic amines is 1. The van der Waals surface area contributed by atoms with Crippen LogP contribution in [0.25, 0.3) is 16.7 Å². The Kier molecular flexibility index (Phi) is 5.92. The Hall–Kier alpha value is -2.70. The first-order valence-corrected chi connectivity index (χ1v) is 10.2. The molecule has 0 spiro atoms. The summed E-state index contributed by atoms with van der Waals surface area (Å²) in [5.74, 6) is 2.28. The van der Waals surface area contributed by atoms with E-state index in [-0.39, 0.29) is 0 Å². The van der Waals surface area contributed by atoms with E-state index in [1.807, 2.05) is 30.7 Å². The van der Waals surface area contributed by atoms with Gasteiger partial charge >= 0.3 is 0 Å². The number of aldehydes is 1. The van der Waals surface area contributed by atoms with Crippen molar-refractivity contribution in [1.29, 1.82) is 0 Å². The zero-order valence-corrected chi connectivity index (χ0v) is 17.1. The van der Waals surface area contributed by atoms with Crippen LogP contribution in [-0.4, -0.2) is 38.7 Å². The molecule has 5 rings (SSSR count). The Bertz CT molecular complexity index is 1100. The Morgan fingerprint density at radius 2 is 2.00 bits per heavy atom. The minimum atomic E-state index is 0.469. The van der Waals surface area contributed by atoms with Crippen LogP contribution in [0.3, 0.4) is 0 Å². The summed E-state index contributed by atoms with van der Waals surface area (Å²) in [6.45, 7) is 4.44. The number of hydrogen-bond acceptors (Lipinski definition) is 4. The van der Waals surface area contributed by atoms with Crippen molar-refractivity contribution in [3.8, 4) is 0 Å². The molecule has 2 N–H and O–H groups in total. The number of H-pyrrole nitrogens is 1. The van der Waals surface area contributed by atoms with Gasteiger partial charge in [0.1, 0.15) is 12.1 Å². The SMILES string of the molecule is C[C@@H]1CCNC[C@@H]1c1ncc2cnc3[nH]ccc3n12.O=CCc1ccc(Cl)cc1. The number of fused-ring (bicyclic) bond motifs is 3. The first kappa shape index (κ1) is 19.6. The maximum atomic E-state index is 10.0. The molecule has 7 heteroatoms. The molecular weight excluding hydrogens is 386 g/mol. The van der Waals surface area contributed by atoms with Crippen LogP contribution in [0.15, 0.2) is 48.9 Å². The molecule has 0 bridgehead atoms. The van der Waals surface area contributed by atoms with E-state index in [1.165, 1.54) is 6.42 Å². The summed E-state index contributed by atoms with van der Waals surface area (Å²) in [4.78, 5) is 22.3. The van der Waals surface area contributed by atoms with Crippen molar-refractivity contribution in [3.05, 3.63) is 65.3 Å². The molecule has 0 aliphatic carbocycles. The average Bonchev–Trinajstić information content (AvgIpc) is 3.37. The summed E-state index contributed by atoms with van der Waals surface area (Å²) in [6, 6.07) is 9.32. The second kappa shape index (κ2) is 8.76. The third-order valence-corrected chi connectivity index (χ3v) is 5.73. The van der Waals surface area contributed by atoms with Gasteiger partial charge in [-0.2, -0.15) is 0 Å². The van der Waals surface area contributed by atoms with Gasteiger partial charge in [0.25, 0.3) is 0 Å². The van der Waals surface area contributed by atoms with Crippen LogP contribution >= 0.6 is 11.6 Å². The molecule has 0 unspecified atom stereocenters. The summed E-state index contributed by atoms with van der Waals surface area (Å²) >= 11 is 5.62. The minimum absolute atomic E-state index is 0.469. The van der Waals surface area contributed by atoms with E-state index in [0.29, 0.717) is 23.3 Å². The van der Waals surface area contributed by atoms with E-state index in [4.69, 9.17) is 11.6 Å². The molecule has 3 aromatic heterocycles. The molecule has 1 aromatic carbocycles. The fraction of sp³-hybridized carbons (Fsp3) is 0.318. The highest BCUT2D eigenvalue weighted by molar-refractivity contribution is 6.30. The molecule has 0 radical (unpaired) electrons. The number of aromatic nitrogens is 4. The lowest BCUT2D eigenvalue weighted by atomic mass is 9.87. The van der Waals surface area contributed by atoms with Gasteiger partial charge in [-0.3, -0.25) is 4.40 Å². The quantitative estimate of drug-likeness (QED) is 0.501. The Balaban J connectivity index is 0.000000174. The second-order valence-corrected chi connectivity index (χ2v) is 7.86. The highest BCUT2D eigenvalue weighted by Crippen LogP contribution is 2.29. The van der Waals surface area contributed by atoms with E-state index in [1.54, 1.807) is 12.1 Å². The van der Waals surface area contributed by atoms with Crippen LogP contribution in [-0.2, 0) is 11.2 Å². The number of nitrogens with one attached hydrogen (secondary N) is 2. The molecule has 4 aromatic rings. The van der Waals surface area contributed by atoms with Crippen molar-refractivity contribution in [2.45, 2.75) is 25.7 Å². The lowest BCUT2D eigenvalue weighted by Gasteiger charge is -2.28. The standard InChI is InChI=1S/C14H17N5.C8H7ClO/c1-9-2-4-15-8-11(9)14-18-7-10-6-17-13-12(19(10)14)3-5-16-13;9-8-3-1-7(2-4-8)5-6-10/h3,5-7,9,11,15-16H,2,4,8H2,1H3;1-4,6H,5H2/t9-,11+;/m1./s1. The first-order valence-electron chi connectivity index (χ1n) is 9.85. The van der Waals surface area contributed by atoms with Crippen molar-refractivity contribution >= 4 is 34.6 Å². The van der Waals surface area contributed by atoms with E-state index < -0.39 is 0 Å². The second-order valence-electron chi connectivity index (χ2n) is 7.42. The zero-order valence-electron chi connectivity index (χ0n) is 16.3. The first-order chi connectivity index (χ1) is 14.2. The highest BCUT2D eigenvalue weighted by Gasteiger charge is 2.26. The van der Waals surface area contributed by atoms with Gasteiger partial charge in [0.15, 0.2) is 5.65 Å². The molecule has 0 saturated carbocycles. The summed E-state index contributed by atoms with van der Waals surface area (Å²) in [7, 11) is 0. The summed E-state index contributed by atoms with van der Waals surface area (Å²) in [6.07, 6.45) is 8.30. The van der Waals surface area contributed by atoms with E-state index in [2.05, 4.69) is 37.7 Å². The molecule has 1 aliphatic rings. The third kappa shape index (κ3) is 4.18. The number of rotatable bonds is 3. The maximum Gasteiger partial charge on any atom is 0.154 e. The molecular formula is C22H24ClN5O. The molecule has 6 nitrogen and oxygen atoms in total. The number of halogens is 1. The number of imidazole rings is 1. The lowest BCUT2D eigenvalue weighted by Crippen LogP contribution is -2.34. The van der Waals surface area contributed by atoms with Crippen LogP contribution in [0.4, 0.5) is 0 Å². The van der Waals surface area contributed by atoms with Crippen LogP contribution < -0.4 is 5.32 Å². The summed E-state index contributed by atoms with van der Waals surface area (Å²) < 4.78 is 2.24. The number of benzene rings is 1. The highest BCUT2D eigenvalue weighted by atomic mass is 35.5. The maximum absolute atomic E-state index is 10.0. The Labute approximate surface area is 174 Å². The molecule has 1 fully saturated rings. The third-order valence-electron chi connectivity index (χ3n) is 5.48. The topological polar surface area (TPSA) is 75.1 Å². The van der Waals surface area contributed by atoms with Crippen molar-refractivity contribution in [3.63, 3.8) is 0 Å². The molecule has 29 heavy (non-hydrogen) atoms. The lowest BCUT2D eigenvalue weighted by molar-refractivity contribution is -0.107. The molecule has 0 amide bonds.